The summed E-state index contributed by atoms with van der Waals surface area (Å²) in [5.74, 6) is 1.22. The summed E-state index contributed by atoms with van der Waals surface area (Å²) in [6, 6.07) is 7.21. The minimum atomic E-state index is -0.554. The first-order valence-corrected chi connectivity index (χ1v) is 8.60. The van der Waals surface area contributed by atoms with Gasteiger partial charge in [-0.2, -0.15) is 0 Å². The molecule has 1 heterocycles. The van der Waals surface area contributed by atoms with Crippen LogP contribution in [0.25, 0.3) is 0 Å². The van der Waals surface area contributed by atoms with Crippen LogP contribution in [0.1, 0.15) is 20.3 Å². The van der Waals surface area contributed by atoms with Gasteiger partial charge in [0, 0.05) is 32.2 Å². The number of carbonyl (C=O) groups excluding carboxylic acids is 2. The van der Waals surface area contributed by atoms with E-state index in [9.17, 15) is 9.59 Å². The van der Waals surface area contributed by atoms with Crippen molar-refractivity contribution in [3.05, 3.63) is 24.3 Å². The third-order valence-corrected chi connectivity index (χ3v) is 4.08. The average molecular weight is 350 g/mol. The molecule has 0 unspecified atom stereocenters. The number of ether oxygens (including phenoxy) is 3. The van der Waals surface area contributed by atoms with Gasteiger partial charge in [-0.25, -0.2) is 4.79 Å². The lowest BCUT2D eigenvalue weighted by atomic mass is 10.2. The topological polar surface area (TPSA) is 68.3 Å². The monoisotopic (exact) mass is 350 g/mol. The van der Waals surface area contributed by atoms with Crippen LogP contribution in [0.4, 0.5) is 4.79 Å². The van der Waals surface area contributed by atoms with E-state index < -0.39 is 6.10 Å². The lowest BCUT2D eigenvalue weighted by Gasteiger charge is -2.35. The number of benzene rings is 1. The predicted octanol–water partition coefficient (Wildman–Crippen LogP) is 2.15. The summed E-state index contributed by atoms with van der Waals surface area (Å²) in [6.07, 6.45) is -0.316. The maximum absolute atomic E-state index is 12.7. The van der Waals surface area contributed by atoms with Gasteiger partial charge in [0.15, 0.2) is 6.10 Å². The Kier molecular flexibility index (Phi) is 6.91. The number of amides is 2. The van der Waals surface area contributed by atoms with Crippen molar-refractivity contribution >= 4 is 12.0 Å². The number of nitrogens with zero attached hydrogens (tertiary/aromatic N) is 2. The molecule has 7 nitrogen and oxygen atoms in total. The molecule has 2 rings (SSSR count). The van der Waals surface area contributed by atoms with Crippen LogP contribution in [0.15, 0.2) is 24.3 Å². The van der Waals surface area contributed by atoms with E-state index in [1.54, 1.807) is 36.0 Å². The molecule has 2 amide bonds. The van der Waals surface area contributed by atoms with Gasteiger partial charge in [0.1, 0.15) is 11.5 Å². The Morgan fingerprint density at radius 1 is 1.08 bits per heavy atom. The van der Waals surface area contributed by atoms with Crippen molar-refractivity contribution in [2.45, 2.75) is 26.4 Å². The molecule has 0 aliphatic carbocycles. The van der Waals surface area contributed by atoms with E-state index in [1.807, 2.05) is 19.1 Å². The van der Waals surface area contributed by atoms with Crippen LogP contribution in [0, 0.1) is 0 Å². The lowest BCUT2D eigenvalue weighted by Crippen LogP contribution is -2.53. The number of hydrogen-bond acceptors (Lipinski definition) is 5. The van der Waals surface area contributed by atoms with Gasteiger partial charge >= 0.3 is 6.09 Å². The first kappa shape index (κ1) is 18.9. The summed E-state index contributed by atoms with van der Waals surface area (Å²) in [4.78, 5) is 27.8. The van der Waals surface area contributed by atoms with Crippen molar-refractivity contribution in [2.24, 2.45) is 0 Å². The van der Waals surface area contributed by atoms with Crippen molar-refractivity contribution in [2.75, 3.05) is 39.9 Å². The highest BCUT2D eigenvalue weighted by atomic mass is 16.6. The molecule has 1 aromatic rings. The van der Waals surface area contributed by atoms with Crippen LogP contribution in [0.2, 0.25) is 0 Å². The summed E-state index contributed by atoms with van der Waals surface area (Å²) >= 11 is 0. The summed E-state index contributed by atoms with van der Waals surface area (Å²) in [5, 5.41) is 0. The van der Waals surface area contributed by atoms with Crippen molar-refractivity contribution in [3.8, 4) is 11.5 Å². The van der Waals surface area contributed by atoms with Gasteiger partial charge in [-0.3, -0.25) is 4.79 Å². The molecule has 0 spiro atoms. The molecular formula is C18H26N2O5. The molecule has 138 valence electrons. The predicted molar refractivity (Wildman–Crippen MR) is 92.9 cm³/mol. The van der Waals surface area contributed by atoms with E-state index in [2.05, 4.69) is 0 Å². The highest BCUT2D eigenvalue weighted by molar-refractivity contribution is 5.81. The fourth-order valence-corrected chi connectivity index (χ4v) is 2.67. The van der Waals surface area contributed by atoms with E-state index in [1.165, 1.54) is 0 Å². The Balaban J connectivity index is 1.92. The molecule has 0 N–H and O–H groups in total. The van der Waals surface area contributed by atoms with E-state index in [-0.39, 0.29) is 12.0 Å². The molecule has 1 aliphatic heterocycles. The molecule has 25 heavy (non-hydrogen) atoms. The van der Waals surface area contributed by atoms with Crippen LogP contribution in [0.5, 0.6) is 11.5 Å². The van der Waals surface area contributed by atoms with Crippen molar-refractivity contribution in [1.29, 1.82) is 0 Å². The molecule has 0 aromatic heterocycles. The van der Waals surface area contributed by atoms with E-state index >= 15 is 0 Å². The van der Waals surface area contributed by atoms with Gasteiger partial charge in [-0.1, -0.05) is 13.0 Å². The first-order valence-electron chi connectivity index (χ1n) is 8.60. The maximum Gasteiger partial charge on any atom is 0.409 e. The highest BCUT2D eigenvalue weighted by Gasteiger charge is 2.29. The van der Waals surface area contributed by atoms with Gasteiger partial charge in [-0.15, -0.1) is 0 Å². The standard InChI is InChI=1S/C18H26N2O5/c1-4-16(25-15-8-6-7-14(13-15)23-3)17(21)19-9-11-20(12-10-19)18(22)24-5-2/h6-8,13,16H,4-5,9-12H2,1-3H3/t16-/m1/s1. The van der Waals surface area contributed by atoms with Crippen LogP contribution in [-0.4, -0.2) is 67.8 Å². The fraction of sp³-hybridized carbons (Fsp3) is 0.556. The second-order valence-corrected chi connectivity index (χ2v) is 5.70. The molecular weight excluding hydrogens is 324 g/mol. The molecule has 7 heteroatoms. The van der Waals surface area contributed by atoms with Gasteiger partial charge < -0.3 is 24.0 Å². The Morgan fingerprint density at radius 2 is 1.72 bits per heavy atom. The smallest absolute Gasteiger partial charge is 0.409 e. The minimum Gasteiger partial charge on any atom is -0.497 e. The lowest BCUT2D eigenvalue weighted by molar-refractivity contribution is -0.140. The number of rotatable bonds is 6. The van der Waals surface area contributed by atoms with Crippen molar-refractivity contribution < 1.29 is 23.8 Å². The van der Waals surface area contributed by atoms with E-state index in [0.717, 1.165) is 0 Å². The quantitative estimate of drug-likeness (QED) is 0.786. The molecule has 1 aliphatic rings. The van der Waals surface area contributed by atoms with E-state index in [0.29, 0.717) is 50.7 Å². The van der Waals surface area contributed by atoms with Crippen LogP contribution < -0.4 is 9.47 Å². The van der Waals surface area contributed by atoms with Crippen LogP contribution in [0.3, 0.4) is 0 Å². The molecule has 0 radical (unpaired) electrons. The molecule has 0 saturated carbocycles. The molecule has 1 aromatic carbocycles. The van der Waals surface area contributed by atoms with Gasteiger partial charge in [0.05, 0.1) is 13.7 Å². The average Bonchev–Trinajstić information content (AvgIpc) is 2.66. The number of hydrogen-bond donors (Lipinski definition) is 0. The SMILES string of the molecule is CCOC(=O)N1CCN(C(=O)[C@@H](CC)Oc2cccc(OC)c2)CC1. The van der Waals surface area contributed by atoms with Crippen molar-refractivity contribution in [1.82, 2.24) is 9.80 Å². The molecule has 0 bridgehead atoms. The maximum atomic E-state index is 12.7. The largest absolute Gasteiger partial charge is 0.497 e. The summed E-state index contributed by atoms with van der Waals surface area (Å²) < 4.78 is 16.0. The first-order chi connectivity index (χ1) is 12.1. The van der Waals surface area contributed by atoms with E-state index in [4.69, 9.17) is 14.2 Å². The third kappa shape index (κ3) is 5.01. The van der Waals surface area contributed by atoms with Crippen LogP contribution >= 0.6 is 0 Å². The Labute approximate surface area is 148 Å². The second kappa shape index (κ2) is 9.15. The Hall–Kier alpha value is -2.44. The zero-order valence-electron chi connectivity index (χ0n) is 15.1. The summed E-state index contributed by atoms with van der Waals surface area (Å²) in [5.41, 5.74) is 0. The molecule has 1 fully saturated rings. The zero-order valence-corrected chi connectivity index (χ0v) is 15.1. The van der Waals surface area contributed by atoms with Gasteiger partial charge in [0.25, 0.3) is 5.91 Å². The Bertz CT molecular complexity index is 585. The normalized spacial score (nSPS) is 15.5. The van der Waals surface area contributed by atoms with Gasteiger partial charge in [-0.05, 0) is 25.5 Å². The second-order valence-electron chi connectivity index (χ2n) is 5.70. The number of methoxy groups -OCH3 is 1. The highest BCUT2D eigenvalue weighted by Crippen LogP contribution is 2.21. The van der Waals surface area contributed by atoms with Crippen molar-refractivity contribution in [3.63, 3.8) is 0 Å². The minimum absolute atomic E-state index is 0.0613. The molecule has 1 atom stereocenters. The Morgan fingerprint density at radius 3 is 2.32 bits per heavy atom. The fourth-order valence-electron chi connectivity index (χ4n) is 2.67. The summed E-state index contributed by atoms with van der Waals surface area (Å²) in [7, 11) is 1.59. The third-order valence-electron chi connectivity index (χ3n) is 4.08. The van der Waals surface area contributed by atoms with Gasteiger partial charge in [0.2, 0.25) is 0 Å². The number of carbonyl (C=O) groups is 2. The van der Waals surface area contributed by atoms with Crippen LogP contribution in [-0.2, 0) is 9.53 Å². The molecule has 1 saturated heterocycles. The zero-order chi connectivity index (χ0) is 18.2. The number of piperazine rings is 1. The summed E-state index contributed by atoms with van der Waals surface area (Å²) in [6.45, 7) is 5.95.